The van der Waals surface area contributed by atoms with Crippen LogP contribution >= 0.6 is 24.8 Å². The number of pyridine rings is 1. The van der Waals surface area contributed by atoms with Gasteiger partial charge >= 0.3 is 5.97 Å². The lowest BCUT2D eigenvalue weighted by atomic mass is 9.88. The maximum Gasteiger partial charge on any atom is 0.337 e. The first-order valence-electron chi connectivity index (χ1n) is 7.18. The van der Waals surface area contributed by atoms with Crippen LogP contribution in [0.25, 0.3) is 0 Å². The molecule has 5 nitrogen and oxygen atoms in total. The molecule has 1 rings (SSSR count). The Morgan fingerprint density at radius 1 is 1.14 bits per heavy atom. The lowest BCUT2D eigenvalue weighted by molar-refractivity contribution is 0.0696. The molecule has 0 spiro atoms. The number of carbonyl (C=O) groups is 1. The summed E-state index contributed by atoms with van der Waals surface area (Å²) in [4.78, 5) is 15.1. The van der Waals surface area contributed by atoms with Crippen LogP contribution < -0.4 is 11.5 Å². The van der Waals surface area contributed by atoms with Crippen molar-refractivity contribution in [3.63, 3.8) is 0 Å². The van der Waals surface area contributed by atoms with E-state index in [1.165, 1.54) is 6.20 Å². The fourth-order valence-corrected chi connectivity index (χ4v) is 2.18. The maximum atomic E-state index is 10.9. The molecule has 2 unspecified atom stereocenters. The van der Waals surface area contributed by atoms with Crippen LogP contribution in [-0.4, -0.2) is 28.1 Å². The van der Waals surface area contributed by atoms with E-state index in [1.54, 1.807) is 12.1 Å². The van der Waals surface area contributed by atoms with Crippen molar-refractivity contribution in [2.24, 2.45) is 11.5 Å². The van der Waals surface area contributed by atoms with Crippen molar-refractivity contribution in [1.82, 2.24) is 4.98 Å². The Bertz CT molecular complexity index is 417. The summed E-state index contributed by atoms with van der Waals surface area (Å²) in [7, 11) is 0. The van der Waals surface area contributed by atoms with Crippen LogP contribution in [-0.2, 0) is 0 Å². The summed E-state index contributed by atoms with van der Waals surface area (Å²) >= 11 is 0. The summed E-state index contributed by atoms with van der Waals surface area (Å²) in [6.45, 7) is 4.12. The Labute approximate surface area is 144 Å². The maximum absolute atomic E-state index is 10.9. The molecule has 0 aromatic carbocycles. The van der Waals surface area contributed by atoms with Gasteiger partial charge in [0.25, 0.3) is 0 Å². The fourth-order valence-electron chi connectivity index (χ4n) is 2.18. The Morgan fingerprint density at radius 2 is 1.64 bits per heavy atom. The van der Waals surface area contributed by atoms with Gasteiger partial charge in [-0.05, 0) is 37.8 Å². The molecule has 1 aromatic rings. The minimum absolute atomic E-state index is 0. The number of rotatable bonds is 8. The predicted octanol–water partition coefficient (Wildman–Crippen LogP) is 2.96. The van der Waals surface area contributed by atoms with E-state index in [2.05, 4.69) is 18.8 Å². The minimum Gasteiger partial charge on any atom is -0.478 e. The molecule has 0 aliphatic rings. The van der Waals surface area contributed by atoms with Gasteiger partial charge in [-0.25, -0.2) is 4.79 Å². The molecule has 5 N–H and O–H groups in total. The first-order chi connectivity index (χ1) is 9.47. The number of carboxylic acid groups (broad SMARTS) is 1. The average molecular weight is 352 g/mol. The molecule has 0 saturated carbocycles. The smallest absolute Gasteiger partial charge is 0.337 e. The highest BCUT2D eigenvalue weighted by molar-refractivity contribution is 5.87. The molecular weight excluding hydrogens is 325 g/mol. The van der Waals surface area contributed by atoms with Crippen molar-refractivity contribution >= 4 is 30.8 Å². The van der Waals surface area contributed by atoms with E-state index < -0.39 is 5.97 Å². The van der Waals surface area contributed by atoms with Gasteiger partial charge in [0, 0.05) is 29.9 Å². The first-order valence-corrected chi connectivity index (χ1v) is 7.18. The van der Waals surface area contributed by atoms with Gasteiger partial charge in [0.15, 0.2) is 0 Å². The topological polar surface area (TPSA) is 102 Å². The Kier molecular flexibility index (Phi) is 12.4. The van der Waals surface area contributed by atoms with E-state index in [0.29, 0.717) is 0 Å². The molecule has 0 radical (unpaired) electrons. The second kappa shape index (κ2) is 11.7. The molecule has 128 valence electrons. The van der Waals surface area contributed by atoms with Gasteiger partial charge in [0.1, 0.15) is 0 Å². The summed E-state index contributed by atoms with van der Waals surface area (Å²) in [6.07, 6.45) is 4.86. The van der Waals surface area contributed by atoms with Crippen LogP contribution in [0.5, 0.6) is 0 Å². The van der Waals surface area contributed by atoms with E-state index in [9.17, 15) is 4.79 Å². The van der Waals surface area contributed by atoms with Gasteiger partial charge < -0.3 is 16.6 Å². The molecule has 22 heavy (non-hydrogen) atoms. The normalized spacial score (nSPS) is 14.2. The average Bonchev–Trinajstić information content (AvgIpc) is 2.46. The molecule has 0 bridgehead atoms. The van der Waals surface area contributed by atoms with Crippen molar-refractivity contribution < 1.29 is 9.90 Å². The predicted molar refractivity (Wildman–Crippen MR) is 94.2 cm³/mol. The van der Waals surface area contributed by atoms with Crippen molar-refractivity contribution in [2.45, 2.75) is 57.5 Å². The SMILES string of the molecule is CCC(N)CC(CC(N)CC)c1ccc(C(=O)O)cn1.Cl.Cl. The highest BCUT2D eigenvalue weighted by Crippen LogP contribution is 2.25. The minimum atomic E-state index is -0.962. The molecular formula is C15H27Cl2N3O2. The number of hydrogen-bond donors (Lipinski definition) is 3. The molecule has 0 fully saturated rings. The highest BCUT2D eigenvalue weighted by Gasteiger charge is 2.19. The second-order valence-electron chi connectivity index (χ2n) is 5.28. The van der Waals surface area contributed by atoms with Crippen molar-refractivity contribution in [3.8, 4) is 0 Å². The van der Waals surface area contributed by atoms with Gasteiger partial charge in [-0.3, -0.25) is 4.98 Å². The fraction of sp³-hybridized carbons (Fsp3) is 0.600. The summed E-state index contributed by atoms with van der Waals surface area (Å²) in [5.74, 6) is -0.779. The lowest BCUT2D eigenvalue weighted by Gasteiger charge is -2.22. The van der Waals surface area contributed by atoms with Crippen molar-refractivity contribution in [3.05, 3.63) is 29.6 Å². The monoisotopic (exact) mass is 351 g/mol. The zero-order valence-corrected chi connectivity index (χ0v) is 14.7. The van der Waals surface area contributed by atoms with E-state index in [0.717, 1.165) is 31.4 Å². The molecule has 7 heteroatoms. The van der Waals surface area contributed by atoms with E-state index in [1.807, 2.05) is 0 Å². The van der Waals surface area contributed by atoms with Crippen LogP contribution in [0.3, 0.4) is 0 Å². The standard InChI is InChI=1S/C15H25N3O2.2ClH/c1-3-12(16)7-11(8-13(17)4-2)14-6-5-10(9-18-14)15(19)20;;/h5-6,9,11-13H,3-4,7-8,16-17H2,1-2H3,(H,19,20);2*1H. The Morgan fingerprint density at radius 3 is 1.95 bits per heavy atom. The highest BCUT2D eigenvalue weighted by atomic mass is 35.5. The number of carboxylic acids is 1. The van der Waals surface area contributed by atoms with Crippen LogP contribution in [0.1, 0.15) is 61.5 Å². The number of halogens is 2. The van der Waals surface area contributed by atoms with Crippen molar-refractivity contribution in [2.75, 3.05) is 0 Å². The number of hydrogen-bond acceptors (Lipinski definition) is 4. The summed E-state index contributed by atoms with van der Waals surface area (Å²) in [5, 5.41) is 8.90. The van der Waals surface area contributed by atoms with Crippen LogP contribution in [0, 0.1) is 0 Å². The molecule has 0 aliphatic heterocycles. The van der Waals surface area contributed by atoms with Gasteiger partial charge in [-0.1, -0.05) is 13.8 Å². The molecule has 0 amide bonds. The summed E-state index contributed by atoms with van der Waals surface area (Å²) in [5.41, 5.74) is 13.2. The van der Waals surface area contributed by atoms with Gasteiger partial charge in [-0.15, -0.1) is 24.8 Å². The van der Waals surface area contributed by atoms with Crippen molar-refractivity contribution in [1.29, 1.82) is 0 Å². The van der Waals surface area contributed by atoms with Crippen LogP contribution in [0.4, 0.5) is 0 Å². The number of aromatic carboxylic acids is 1. The largest absolute Gasteiger partial charge is 0.478 e. The quantitative estimate of drug-likeness (QED) is 0.667. The van der Waals surface area contributed by atoms with Gasteiger partial charge in [-0.2, -0.15) is 0 Å². The molecule has 1 aromatic heterocycles. The zero-order chi connectivity index (χ0) is 15.1. The Hall–Kier alpha value is -0.880. The van der Waals surface area contributed by atoms with E-state index >= 15 is 0 Å². The molecule has 0 aliphatic carbocycles. The zero-order valence-electron chi connectivity index (χ0n) is 13.1. The van der Waals surface area contributed by atoms with Crippen LogP contribution in [0.2, 0.25) is 0 Å². The first kappa shape index (κ1) is 23.4. The molecule has 0 saturated heterocycles. The number of nitrogens with zero attached hydrogens (tertiary/aromatic N) is 1. The second-order valence-corrected chi connectivity index (χ2v) is 5.28. The molecule has 1 heterocycles. The van der Waals surface area contributed by atoms with Crippen LogP contribution in [0.15, 0.2) is 18.3 Å². The third-order valence-electron chi connectivity index (χ3n) is 3.67. The van der Waals surface area contributed by atoms with E-state index in [4.69, 9.17) is 16.6 Å². The summed E-state index contributed by atoms with van der Waals surface area (Å²) in [6, 6.07) is 3.60. The molecule has 2 atom stereocenters. The lowest BCUT2D eigenvalue weighted by Crippen LogP contribution is -2.27. The van der Waals surface area contributed by atoms with E-state index in [-0.39, 0.29) is 48.4 Å². The Balaban J connectivity index is 0. The third-order valence-corrected chi connectivity index (χ3v) is 3.67. The van der Waals surface area contributed by atoms with Gasteiger partial charge in [0.05, 0.1) is 5.56 Å². The van der Waals surface area contributed by atoms with Gasteiger partial charge in [0.2, 0.25) is 0 Å². The number of nitrogens with two attached hydrogens (primary N) is 2. The third kappa shape index (κ3) is 7.40. The summed E-state index contributed by atoms with van der Waals surface area (Å²) < 4.78 is 0. The number of aromatic nitrogens is 1.